The van der Waals surface area contributed by atoms with Crippen LogP contribution in [-0.4, -0.2) is 54.4 Å². The molecule has 0 radical (unpaired) electrons. The maximum atomic E-state index is 11.9. The Bertz CT molecular complexity index is 367. The third kappa shape index (κ3) is 6.30. The van der Waals surface area contributed by atoms with Gasteiger partial charge in [0.05, 0.1) is 0 Å². The van der Waals surface area contributed by atoms with E-state index in [9.17, 15) is 4.79 Å². The molecule has 0 bridgehead atoms. The fourth-order valence-corrected chi connectivity index (χ4v) is 3.07. The van der Waals surface area contributed by atoms with Gasteiger partial charge in [-0.2, -0.15) is 0 Å². The summed E-state index contributed by atoms with van der Waals surface area (Å²) in [7, 11) is 0. The molecule has 2 aliphatic heterocycles. The molecule has 0 spiro atoms. The molecule has 0 atom stereocenters. The predicted octanol–water partition coefficient (Wildman–Crippen LogP) is 2.44. The first kappa shape index (κ1) is 19.5. The summed E-state index contributed by atoms with van der Waals surface area (Å²) in [6, 6.07) is 0. The number of aliphatic imine (C=N–C) groups is 1. The molecule has 2 fully saturated rings. The Balaban J connectivity index is 0.00000242. The maximum Gasteiger partial charge on any atom is 0.222 e. The van der Waals surface area contributed by atoms with Gasteiger partial charge in [-0.25, -0.2) is 0 Å². The van der Waals surface area contributed by atoms with E-state index < -0.39 is 0 Å². The van der Waals surface area contributed by atoms with Crippen LogP contribution < -0.4 is 5.73 Å². The van der Waals surface area contributed by atoms with E-state index in [1.54, 1.807) is 0 Å². The van der Waals surface area contributed by atoms with Gasteiger partial charge in [-0.3, -0.25) is 9.79 Å². The number of hydrogen-bond acceptors (Lipinski definition) is 2. The molecule has 1 amide bonds. The summed E-state index contributed by atoms with van der Waals surface area (Å²) < 4.78 is 0. The zero-order chi connectivity index (χ0) is 15.1. The van der Waals surface area contributed by atoms with Crippen LogP contribution in [-0.2, 0) is 4.79 Å². The van der Waals surface area contributed by atoms with Crippen molar-refractivity contribution >= 4 is 35.8 Å². The quantitative estimate of drug-likeness (QED) is 0.328. The van der Waals surface area contributed by atoms with E-state index >= 15 is 0 Å². The van der Waals surface area contributed by atoms with Crippen molar-refractivity contribution in [3.8, 4) is 0 Å². The molecule has 22 heavy (non-hydrogen) atoms. The first-order valence-corrected chi connectivity index (χ1v) is 8.49. The van der Waals surface area contributed by atoms with E-state index in [1.165, 1.54) is 19.3 Å². The molecule has 0 aromatic carbocycles. The number of amides is 1. The van der Waals surface area contributed by atoms with Gasteiger partial charge in [-0.15, -0.1) is 24.0 Å². The fraction of sp³-hybridized carbons (Fsp3) is 0.875. The van der Waals surface area contributed by atoms with Crippen LogP contribution in [0.3, 0.4) is 0 Å². The highest BCUT2D eigenvalue weighted by Gasteiger charge is 2.17. The molecule has 2 rings (SSSR count). The second-order valence-electron chi connectivity index (χ2n) is 6.45. The van der Waals surface area contributed by atoms with Gasteiger partial charge in [0.25, 0.3) is 0 Å². The number of piperidine rings is 1. The third-order valence-electron chi connectivity index (χ3n) is 4.64. The van der Waals surface area contributed by atoms with E-state index in [1.807, 2.05) is 4.90 Å². The molecule has 5 nitrogen and oxygen atoms in total. The van der Waals surface area contributed by atoms with E-state index in [0.29, 0.717) is 11.9 Å². The number of nitrogens with zero attached hydrogens (tertiary/aromatic N) is 3. The number of carbonyl (C=O) groups is 1. The minimum atomic E-state index is 0. The topological polar surface area (TPSA) is 61.9 Å². The van der Waals surface area contributed by atoms with Gasteiger partial charge in [-0.1, -0.05) is 13.3 Å². The van der Waals surface area contributed by atoms with Gasteiger partial charge in [-0.05, 0) is 38.0 Å². The van der Waals surface area contributed by atoms with Crippen LogP contribution in [0.5, 0.6) is 0 Å². The lowest BCUT2D eigenvalue weighted by Gasteiger charge is -2.31. The zero-order valence-electron chi connectivity index (χ0n) is 13.8. The molecule has 0 unspecified atom stereocenters. The van der Waals surface area contributed by atoms with Crippen LogP contribution in [0.4, 0.5) is 0 Å². The summed E-state index contributed by atoms with van der Waals surface area (Å²) >= 11 is 0. The lowest BCUT2D eigenvalue weighted by Crippen LogP contribution is -2.42. The Morgan fingerprint density at radius 1 is 1.23 bits per heavy atom. The van der Waals surface area contributed by atoms with E-state index in [4.69, 9.17) is 5.73 Å². The number of carbonyl (C=O) groups excluding carboxylic acids is 1. The predicted molar refractivity (Wildman–Crippen MR) is 102 cm³/mol. The van der Waals surface area contributed by atoms with Gasteiger partial charge < -0.3 is 15.5 Å². The van der Waals surface area contributed by atoms with Gasteiger partial charge in [0.1, 0.15) is 0 Å². The van der Waals surface area contributed by atoms with E-state index in [0.717, 1.165) is 64.3 Å². The molecular weight excluding hydrogens is 391 g/mol. The molecule has 2 aliphatic rings. The standard InChI is InChI=1S/C16H30N4O.HI/c1-14-7-12-20(13-8-14)16(17)18-9-5-11-19-10-4-2-3-6-15(19)21;/h14H,2-13H2,1H3,(H2,17,18);1H. The first-order chi connectivity index (χ1) is 10.2. The number of guanidine groups is 1. The summed E-state index contributed by atoms with van der Waals surface area (Å²) in [5, 5.41) is 0. The number of nitrogens with two attached hydrogens (primary N) is 1. The molecule has 0 saturated carbocycles. The van der Waals surface area contributed by atoms with Gasteiger partial charge in [0.15, 0.2) is 5.96 Å². The number of halogens is 1. The third-order valence-corrected chi connectivity index (χ3v) is 4.64. The van der Waals surface area contributed by atoms with Crippen molar-refractivity contribution in [3.63, 3.8) is 0 Å². The Kier molecular flexibility index (Phi) is 9.12. The van der Waals surface area contributed by atoms with E-state index in [-0.39, 0.29) is 24.0 Å². The van der Waals surface area contributed by atoms with Crippen LogP contribution >= 0.6 is 24.0 Å². The molecular formula is C16H31IN4O. The smallest absolute Gasteiger partial charge is 0.222 e. The SMILES string of the molecule is CC1CCN(C(N)=NCCCN2CCCCCC2=O)CC1.I. The second kappa shape index (κ2) is 10.3. The van der Waals surface area contributed by atoms with Crippen LogP contribution in [0, 0.1) is 5.92 Å². The summed E-state index contributed by atoms with van der Waals surface area (Å²) in [6.45, 7) is 6.82. The normalized spacial score (nSPS) is 21.5. The highest BCUT2D eigenvalue weighted by Crippen LogP contribution is 2.15. The first-order valence-electron chi connectivity index (χ1n) is 8.49. The monoisotopic (exact) mass is 422 g/mol. The maximum absolute atomic E-state index is 11.9. The molecule has 0 aliphatic carbocycles. The summed E-state index contributed by atoms with van der Waals surface area (Å²) in [6.07, 6.45) is 7.42. The molecule has 2 N–H and O–H groups in total. The fourth-order valence-electron chi connectivity index (χ4n) is 3.07. The summed E-state index contributed by atoms with van der Waals surface area (Å²) in [5.41, 5.74) is 6.06. The van der Waals surface area contributed by atoms with Crippen molar-refractivity contribution < 1.29 is 4.79 Å². The van der Waals surface area contributed by atoms with Gasteiger partial charge in [0.2, 0.25) is 5.91 Å². The highest BCUT2D eigenvalue weighted by atomic mass is 127. The minimum absolute atomic E-state index is 0. The Labute approximate surface area is 151 Å². The number of hydrogen-bond donors (Lipinski definition) is 1. The van der Waals surface area contributed by atoms with Crippen LogP contribution in [0.15, 0.2) is 4.99 Å². The molecule has 6 heteroatoms. The largest absolute Gasteiger partial charge is 0.370 e. The van der Waals surface area contributed by atoms with Crippen molar-refractivity contribution in [2.24, 2.45) is 16.6 Å². The molecule has 0 aromatic heterocycles. The van der Waals surface area contributed by atoms with Crippen molar-refractivity contribution in [1.82, 2.24) is 9.80 Å². The number of likely N-dealkylation sites (tertiary alicyclic amines) is 2. The Hall–Kier alpha value is -0.530. The van der Waals surface area contributed by atoms with Crippen LogP contribution in [0.1, 0.15) is 51.9 Å². The highest BCUT2D eigenvalue weighted by molar-refractivity contribution is 14.0. The second-order valence-corrected chi connectivity index (χ2v) is 6.45. The molecule has 2 saturated heterocycles. The molecule has 2 heterocycles. The van der Waals surface area contributed by atoms with Crippen LogP contribution in [0.2, 0.25) is 0 Å². The van der Waals surface area contributed by atoms with Crippen molar-refractivity contribution in [3.05, 3.63) is 0 Å². The van der Waals surface area contributed by atoms with Crippen molar-refractivity contribution in [1.29, 1.82) is 0 Å². The molecule has 128 valence electrons. The van der Waals surface area contributed by atoms with Crippen molar-refractivity contribution in [2.45, 2.75) is 51.9 Å². The Morgan fingerprint density at radius 2 is 1.95 bits per heavy atom. The van der Waals surface area contributed by atoms with Gasteiger partial charge >= 0.3 is 0 Å². The summed E-state index contributed by atoms with van der Waals surface area (Å²) in [5.74, 6) is 1.81. The summed E-state index contributed by atoms with van der Waals surface area (Å²) in [4.78, 5) is 20.6. The van der Waals surface area contributed by atoms with E-state index in [2.05, 4.69) is 16.8 Å². The lowest BCUT2D eigenvalue weighted by atomic mass is 10.00. The molecule has 0 aromatic rings. The van der Waals surface area contributed by atoms with Crippen molar-refractivity contribution in [2.75, 3.05) is 32.7 Å². The zero-order valence-corrected chi connectivity index (χ0v) is 16.1. The van der Waals surface area contributed by atoms with Crippen LogP contribution in [0.25, 0.3) is 0 Å². The lowest BCUT2D eigenvalue weighted by molar-refractivity contribution is -0.130. The minimum Gasteiger partial charge on any atom is -0.370 e. The number of rotatable bonds is 4. The average Bonchev–Trinajstić information content (AvgIpc) is 2.69. The Morgan fingerprint density at radius 3 is 2.68 bits per heavy atom. The van der Waals surface area contributed by atoms with Gasteiger partial charge in [0, 0.05) is 39.1 Å². The average molecular weight is 422 g/mol.